The van der Waals surface area contributed by atoms with Crippen LogP contribution in [0, 0.1) is 6.92 Å². The fourth-order valence-electron chi connectivity index (χ4n) is 1.37. The highest BCUT2D eigenvalue weighted by Gasteiger charge is 2.04. The molecular formula is C12H12BrNOS. The maximum Gasteiger partial charge on any atom is 0.169 e. The molecule has 0 amide bonds. The number of rotatable bonds is 3. The third kappa shape index (κ3) is 2.62. The van der Waals surface area contributed by atoms with Gasteiger partial charge in [-0.05, 0) is 52.7 Å². The molecule has 0 aliphatic heterocycles. The van der Waals surface area contributed by atoms with Gasteiger partial charge in [0.2, 0.25) is 0 Å². The summed E-state index contributed by atoms with van der Waals surface area (Å²) in [5, 5.41) is 0. The SMILES string of the molecule is Cc1c(N)cccc1SCc1ccc(Br)o1. The number of nitrogens with two attached hydrogens (primary N) is 1. The van der Waals surface area contributed by atoms with Gasteiger partial charge in [0.25, 0.3) is 0 Å². The molecule has 2 aromatic rings. The first-order chi connectivity index (χ1) is 7.66. The third-order valence-corrected chi connectivity index (χ3v) is 3.93. The standard InChI is InChI=1S/C12H12BrNOS/c1-8-10(14)3-2-4-11(8)16-7-9-5-6-12(13)15-9/h2-6H,7,14H2,1H3. The molecule has 1 heterocycles. The summed E-state index contributed by atoms with van der Waals surface area (Å²) < 4.78 is 6.21. The molecule has 4 heteroatoms. The molecule has 0 saturated heterocycles. The van der Waals surface area contributed by atoms with E-state index < -0.39 is 0 Å². The maximum absolute atomic E-state index is 5.85. The zero-order valence-corrected chi connectivity index (χ0v) is 11.3. The van der Waals surface area contributed by atoms with Gasteiger partial charge in [0, 0.05) is 10.6 Å². The number of benzene rings is 1. The fourth-order valence-corrected chi connectivity index (χ4v) is 2.67. The van der Waals surface area contributed by atoms with Crippen molar-refractivity contribution in [3.63, 3.8) is 0 Å². The Kier molecular flexibility index (Phi) is 3.61. The van der Waals surface area contributed by atoms with E-state index in [0.29, 0.717) is 0 Å². The Morgan fingerprint density at radius 3 is 2.81 bits per heavy atom. The Morgan fingerprint density at radius 1 is 1.31 bits per heavy atom. The Morgan fingerprint density at radius 2 is 2.12 bits per heavy atom. The second-order valence-corrected chi connectivity index (χ2v) is 5.26. The van der Waals surface area contributed by atoms with Gasteiger partial charge in [-0.1, -0.05) is 6.07 Å². The first-order valence-electron chi connectivity index (χ1n) is 4.89. The van der Waals surface area contributed by atoms with E-state index in [1.165, 1.54) is 4.90 Å². The van der Waals surface area contributed by atoms with Gasteiger partial charge in [0.1, 0.15) is 5.76 Å². The van der Waals surface area contributed by atoms with Crippen molar-refractivity contribution >= 4 is 33.4 Å². The van der Waals surface area contributed by atoms with Crippen LogP contribution in [0.15, 0.2) is 44.3 Å². The number of furan rings is 1. The molecule has 84 valence electrons. The lowest BCUT2D eigenvalue weighted by molar-refractivity contribution is 0.507. The molecule has 0 atom stereocenters. The van der Waals surface area contributed by atoms with Gasteiger partial charge in [-0.3, -0.25) is 0 Å². The van der Waals surface area contributed by atoms with Crippen LogP contribution in [-0.4, -0.2) is 0 Å². The summed E-state index contributed by atoms with van der Waals surface area (Å²) in [4.78, 5) is 1.20. The van der Waals surface area contributed by atoms with Gasteiger partial charge >= 0.3 is 0 Å². The number of hydrogen-bond donors (Lipinski definition) is 1. The van der Waals surface area contributed by atoms with E-state index >= 15 is 0 Å². The van der Waals surface area contributed by atoms with Crippen LogP contribution in [0.4, 0.5) is 5.69 Å². The lowest BCUT2D eigenvalue weighted by atomic mass is 10.2. The van der Waals surface area contributed by atoms with Gasteiger partial charge < -0.3 is 10.2 Å². The Bertz CT molecular complexity index is 496. The first kappa shape index (κ1) is 11.6. The summed E-state index contributed by atoms with van der Waals surface area (Å²) in [7, 11) is 0. The van der Waals surface area contributed by atoms with Gasteiger partial charge in [0.15, 0.2) is 4.67 Å². The molecule has 2 rings (SSSR count). The van der Waals surface area contributed by atoms with Gasteiger partial charge in [-0.25, -0.2) is 0 Å². The van der Waals surface area contributed by atoms with E-state index in [4.69, 9.17) is 10.2 Å². The first-order valence-corrected chi connectivity index (χ1v) is 6.67. The second kappa shape index (κ2) is 4.97. The van der Waals surface area contributed by atoms with Crippen LogP contribution in [0.1, 0.15) is 11.3 Å². The van der Waals surface area contributed by atoms with Crippen molar-refractivity contribution in [1.82, 2.24) is 0 Å². The Hall–Kier alpha value is -0.870. The minimum atomic E-state index is 0.771. The molecule has 2 N–H and O–H groups in total. The largest absolute Gasteiger partial charge is 0.453 e. The van der Waals surface area contributed by atoms with E-state index in [1.807, 2.05) is 31.2 Å². The van der Waals surface area contributed by atoms with E-state index in [9.17, 15) is 0 Å². The van der Waals surface area contributed by atoms with Gasteiger partial charge in [0.05, 0.1) is 5.75 Å². The van der Waals surface area contributed by atoms with E-state index in [-0.39, 0.29) is 0 Å². The molecule has 0 spiro atoms. The monoisotopic (exact) mass is 297 g/mol. The zero-order valence-electron chi connectivity index (χ0n) is 8.87. The molecule has 2 nitrogen and oxygen atoms in total. The molecule has 0 unspecified atom stereocenters. The highest BCUT2D eigenvalue weighted by molar-refractivity contribution is 9.10. The Balaban J connectivity index is 2.07. The topological polar surface area (TPSA) is 39.2 Å². The highest BCUT2D eigenvalue weighted by atomic mass is 79.9. The van der Waals surface area contributed by atoms with Crippen molar-refractivity contribution in [2.24, 2.45) is 0 Å². The van der Waals surface area contributed by atoms with E-state index in [2.05, 4.69) is 22.0 Å². The van der Waals surface area contributed by atoms with Crippen LogP contribution < -0.4 is 5.73 Å². The molecule has 0 fully saturated rings. The van der Waals surface area contributed by atoms with Crippen LogP contribution in [0.5, 0.6) is 0 Å². The molecule has 0 aliphatic carbocycles. The number of anilines is 1. The van der Waals surface area contributed by atoms with Crippen molar-refractivity contribution in [1.29, 1.82) is 0 Å². The molecule has 0 bridgehead atoms. The minimum Gasteiger partial charge on any atom is -0.453 e. The molecule has 1 aromatic carbocycles. The molecule has 16 heavy (non-hydrogen) atoms. The maximum atomic E-state index is 5.85. The van der Waals surface area contributed by atoms with Crippen LogP contribution >= 0.6 is 27.7 Å². The average molecular weight is 298 g/mol. The van der Waals surface area contributed by atoms with Crippen molar-refractivity contribution in [3.05, 3.63) is 46.3 Å². The van der Waals surface area contributed by atoms with E-state index in [1.54, 1.807) is 11.8 Å². The average Bonchev–Trinajstić information content (AvgIpc) is 2.67. The predicted octanol–water partition coefficient (Wildman–Crippen LogP) is 4.23. The number of halogens is 1. The van der Waals surface area contributed by atoms with Gasteiger partial charge in [-0.2, -0.15) is 0 Å². The number of thioether (sulfide) groups is 1. The highest BCUT2D eigenvalue weighted by Crippen LogP contribution is 2.29. The summed E-state index contributed by atoms with van der Waals surface area (Å²) in [5.74, 6) is 1.77. The summed E-state index contributed by atoms with van der Waals surface area (Å²) in [5.41, 5.74) is 7.83. The molecule has 0 aliphatic rings. The van der Waals surface area contributed by atoms with Gasteiger partial charge in [-0.15, -0.1) is 11.8 Å². The molecule has 0 saturated carbocycles. The minimum absolute atomic E-state index is 0.771. The second-order valence-electron chi connectivity index (χ2n) is 3.46. The van der Waals surface area contributed by atoms with Crippen LogP contribution in [0.25, 0.3) is 0 Å². The third-order valence-electron chi connectivity index (χ3n) is 2.32. The summed E-state index contributed by atoms with van der Waals surface area (Å²) in [6.07, 6.45) is 0. The molecular weight excluding hydrogens is 286 g/mol. The molecule has 0 radical (unpaired) electrons. The smallest absolute Gasteiger partial charge is 0.169 e. The molecule has 1 aromatic heterocycles. The van der Waals surface area contributed by atoms with Crippen LogP contribution in [0.2, 0.25) is 0 Å². The van der Waals surface area contributed by atoms with Crippen LogP contribution in [0.3, 0.4) is 0 Å². The normalized spacial score (nSPS) is 10.6. The predicted molar refractivity (Wildman–Crippen MR) is 71.6 cm³/mol. The summed E-state index contributed by atoms with van der Waals surface area (Å²) in [6, 6.07) is 9.85. The van der Waals surface area contributed by atoms with E-state index in [0.717, 1.165) is 27.4 Å². The lowest BCUT2D eigenvalue weighted by Crippen LogP contribution is -1.90. The number of hydrogen-bond acceptors (Lipinski definition) is 3. The fraction of sp³-hybridized carbons (Fsp3) is 0.167. The van der Waals surface area contributed by atoms with Crippen molar-refractivity contribution in [2.75, 3.05) is 5.73 Å². The van der Waals surface area contributed by atoms with Crippen LogP contribution in [-0.2, 0) is 5.75 Å². The Labute approximate surface area is 107 Å². The quantitative estimate of drug-likeness (QED) is 0.681. The number of nitrogen functional groups attached to an aromatic ring is 1. The lowest BCUT2D eigenvalue weighted by Gasteiger charge is -2.06. The van der Waals surface area contributed by atoms with Crippen molar-refractivity contribution in [2.45, 2.75) is 17.6 Å². The van der Waals surface area contributed by atoms with Crippen molar-refractivity contribution < 1.29 is 4.42 Å². The van der Waals surface area contributed by atoms with Crippen molar-refractivity contribution in [3.8, 4) is 0 Å². The summed E-state index contributed by atoms with van der Waals surface area (Å²) >= 11 is 5.02. The summed E-state index contributed by atoms with van der Waals surface area (Å²) in [6.45, 7) is 2.04. The zero-order chi connectivity index (χ0) is 11.5.